The molecule has 1 aromatic carbocycles. The van der Waals surface area contributed by atoms with E-state index in [1.807, 2.05) is 18.4 Å². The molecule has 0 saturated heterocycles. The van der Waals surface area contributed by atoms with Gasteiger partial charge in [0.25, 0.3) is 0 Å². The van der Waals surface area contributed by atoms with Gasteiger partial charge in [-0.1, -0.05) is 12.1 Å². The molecule has 0 amide bonds. The zero-order valence-electron chi connectivity index (χ0n) is 8.60. The second kappa shape index (κ2) is 6.48. The van der Waals surface area contributed by atoms with Gasteiger partial charge in [0.2, 0.25) is 0 Å². The molecule has 0 aliphatic carbocycles. The molecule has 1 N–H and O–H groups in total. The van der Waals surface area contributed by atoms with Gasteiger partial charge in [-0.05, 0) is 30.4 Å². The minimum absolute atomic E-state index is 0.219. The molecular formula is C11H14O3S. The zero-order chi connectivity index (χ0) is 11.1. The summed E-state index contributed by atoms with van der Waals surface area (Å²) in [6.07, 6.45) is 2.78. The summed E-state index contributed by atoms with van der Waals surface area (Å²) >= 11 is 1.70. The number of hydrogen-bond donors (Lipinski definition) is 1. The smallest absolute Gasteiger partial charge is 0.329 e. The highest BCUT2D eigenvalue weighted by molar-refractivity contribution is 7.98. The Morgan fingerprint density at radius 2 is 2.07 bits per heavy atom. The van der Waals surface area contributed by atoms with Gasteiger partial charge < -0.3 is 9.84 Å². The largest absolute Gasteiger partial charge is 0.480 e. The standard InChI is InChI=1S/C11H14O3S/c1-15-10-4-2-9(3-5-10)6-7-14-8-11(12)13/h2-5H,6-8H2,1H3,(H,12,13). The number of carboxylic acid groups (broad SMARTS) is 1. The molecule has 0 aromatic heterocycles. The summed E-state index contributed by atoms with van der Waals surface area (Å²) in [5.41, 5.74) is 1.16. The van der Waals surface area contributed by atoms with E-state index in [1.165, 1.54) is 4.90 Å². The van der Waals surface area contributed by atoms with Crippen molar-refractivity contribution < 1.29 is 14.6 Å². The van der Waals surface area contributed by atoms with Crippen LogP contribution in [-0.2, 0) is 16.0 Å². The zero-order valence-corrected chi connectivity index (χ0v) is 9.42. The molecule has 0 saturated carbocycles. The van der Waals surface area contributed by atoms with Crippen molar-refractivity contribution in [3.63, 3.8) is 0 Å². The molecule has 0 spiro atoms. The first-order valence-corrected chi connectivity index (χ1v) is 5.87. The van der Waals surface area contributed by atoms with E-state index in [1.54, 1.807) is 11.8 Å². The first kappa shape index (κ1) is 12.1. The van der Waals surface area contributed by atoms with Crippen molar-refractivity contribution in [2.45, 2.75) is 11.3 Å². The lowest BCUT2D eigenvalue weighted by atomic mass is 10.2. The average molecular weight is 226 g/mol. The molecule has 4 heteroatoms. The van der Waals surface area contributed by atoms with E-state index in [2.05, 4.69) is 12.1 Å². The maximum Gasteiger partial charge on any atom is 0.329 e. The highest BCUT2D eigenvalue weighted by atomic mass is 32.2. The van der Waals surface area contributed by atoms with E-state index >= 15 is 0 Å². The van der Waals surface area contributed by atoms with Crippen LogP contribution in [0.25, 0.3) is 0 Å². The number of ether oxygens (including phenoxy) is 1. The van der Waals surface area contributed by atoms with Crippen LogP contribution in [0.4, 0.5) is 0 Å². The van der Waals surface area contributed by atoms with Crippen molar-refractivity contribution in [3.05, 3.63) is 29.8 Å². The fourth-order valence-electron chi connectivity index (χ4n) is 1.14. The molecule has 0 fully saturated rings. The molecule has 82 valence electrons. The van der Waals surface area contributed by atoms with Crippen LogP contribution in [0.1, 0.15) is 5.56 Å². The third kappa shape index (κ3) is 4.85. The second-order valence-corrected chi connectivity index (χ2v) is 3.92. The molecule has 0 aliphatic rings. The van der Waals surface area contributed by atoms with Gasteiger partial charge in [0.05, 0.1) is 6.61 Å². The fourth-order valence-corrected chi connectivity index (χ4v) is 1.55. The Morgan fingerprint density at radius 1 is 1.40 bits per heavy atom. The normalized spacial score (nSPS) is 10.2. The predicted molar refractivity (Wildman–Crippen MR) is 60.4 cm³/mol. The van der Waals surface area contributed by atoms with Crippen LogP contribution in [0, 0.1) is 0 Å². The molecule has 0 aliphatic heterocycles. The Morgan fingerprint density at radius 3 is 2.60 bits per heavy atom. The molecule has 0 atom stereocenters. The van der Waals surface area contributed by atoms with Gasteiger partial charge in [-0.2, -0.15) is 0 Å². The summed E-state index contributed by atoms with van der Waals surface area (Å²) in [5.74, 6) is -0.923. The molecular weight excluding hydrogens is 212 g/mol. The van der Waals surface area contributed by atoms with Crippen molar-refractivity contribution in [1.29, 1.82) is 0 Å². The number of aliphatic carboxylic acids is 1. The molecule has 0 radical (unpaired) electrons. The number of thioether (sulfide) groups is 1. The number of carbonyl (C=O) groups is 1. The predicted octanol–water partition coefficient (Wildman–Crippen LogP) is 2.05. The Hall–Kier alpha value is -1.00. The Kier molecular flexibility index (Phi) is 5.21. The molecule has 15 heavy (non-hydrogen) atoms. The van der Waals surface area contributed by atoms with Crippen molar-refractivity contribution >= 4 is 17.7 Å². The Balaban J connectivity index is 2.28. The van der Waals surface area contributed by atoms with Gasteiger partial charge in [0.1, 0.15) is 6.61 Å². The first-order chi connectivity index (χ1) is 7.22. The first-order valence-electron chi connectivity index (χ1n) is 4.65. The lowest BCUT2D eigenvalue weighted by Gasteiger charge is -2.02. The van der Waals surface area contributed by atoms with Crippen LogP contribution >= 0.6 is 11.8 Å². The maximum absolute atomic E-state index is 10.2. The summed E-state index contributed by atoms with van der Waals surface area (Å²) in [6.45, 7) is 0.230. The quantitative estimate of drug-likeness (QED) is 0.595. The van der Waals surface area contributed by atoms with Gasteiger partial charge >= 0.3 is 5.97 Å². The van der Waals surface area contributed by atoms with Gasteiger partial charge in [-0.3, -0.25) is 0 Å². The summed E-state index contributed by atoms with van der Waals surface area (Å²) < 4.78 is 4.95. The van der Waals surface area contributed by atoms with Crippen molar-refractivity contribution in [3.8, 4) is 0 Å². The van der Waals surface area contributed by atoms with Crippen LogP contribution in [0.5, 0.6) is 0 Å². The minimum atomic E-state index is -0.923. The van der Waals surface area contributed by atoms with E-state index < -0.39 is 5.97 Å². The molecule has 1 rings (SSSR count). The van der Waals surface area contributed by atoms with E-state index in [-0.39, 0.29) is 6.61 Å². The van der Waals surface area contributed by atoms with Crippen LogP contribution < -0.4 is 0 Å². The minimum Gasteiger partial charge on any atom is -0.480 e. The fraction of sp³-hybridized carbons (Fsp3) is 0.364. The highest BCUT2D eigenvalue weighted by Crippen LogP contribution is 2.14. The van der Waals surface area contributed by atoms with E-state index in [0.29, 0.717) is 6.61 Å². The third-order valence-corrected chi connectivity index (χ3v) is 2.66. The Bertz CT molecular complexity index is 308. The van der Waals surface area contributed by atoms with Crippen molar-refractivity contribution in [2.24, 2.45) is 0 Å². The molecule has 0 bridgehead atoms. The molecule has 0 heterocycles. The van der Waals surface area contributed by atoms with Gasteiger partial charge in [-0.25, -0.2) is 4.79 Å². The Labute approximate surface area is 93.4 Å². The van der Waals surface area contributed by atoms with Crippen LogP contribution in [-0.4, -0.2) is 30.5 Å². The summed E-state index contributed by atoms with van der Waals surface area (Å²) in [6, 6.07) is 8.18. The molecule has 0 unspecified atom stereocenters. The summed E-state index contributed by atoms with van der Waals surface area (Å²) in [5, 5.41) is 8.35. The monoisotopic (exact) mass is 226 g/mol. The van der Waals surface area contributed by atoms with Crippen LogP contribution in [0.2, 0.25) is 0 Å². The van der Waals surface area contributed by atoms with Gasteiger partial charge in [0.15, 0.2) is 0 Å². The number of benzene rings is 1. The van der Waals surface area contributed by atoms with E-state index in [0.717, 1.165) is 12.0 Å². The summed E-state index contributed by atoms with van der Waals surface area (Å²) in [4.78, 5) is 11.4. The van der Waals surface area contributed by atoms with Crippen LogP contribution in [0.3, 0.4) is 0 Å². The van der Waals surface area contributed by atoms with Crippen molar-refractivity contribution in [2.75, 3.05) is 19.5 Å². The topological polar surface area (TPSA) is 46.5 Å². The second-order valence-electron chi connectivity index (χ2n) is 3.04. The lowest BCUT2D eigenvalue weighted by molar-refractivity contribution is -0.142. The average Bonchev–Trinajstić information content (AvgIpc) is 2.25. The molecule has 1 aromatic rings. The van der Waals surface area contributed by atoms with E-state index in [9.17, 15) is 4.79 Å². The summed E-state index contributed by atoms with van der Waals surface area (Å²) in [7, 11) is 0. The number of carboxylic acids is 1. The third-order valence-electron chi connectivity index (χ3n) is 1.92. The SMILES string of the molecule is CSc1ccc(CCOCC(=O)O)cc1. The highest BCUT2D eigenvalue weighted by Gasteiger charge is 1.97. The maximum atomic E-state index is 10.2. The van der Waals surface area contributed by atoms with Gasteiger partial charge in [-0.15, -0.1) is 11.8 Å². The van der Waals surface area contributed by atoms with Crippen LogP contribution in [0.15, 0.2) is 29.2 Å². The van der Waals surface area contributed by atoms with Crippen molar-refractivity contribution in [1.82, 2.24) is 0 Å². The van der Waals surface area contributed by atoms with Gasteiger partial charge in [0, 0.05) is 4.90 Å². The lowest BCUT2D eigenvalue weighted by Crippen LogP contribution is -2.08. The number of hydrogen-bond acceptors (Lipinski definition) is 3. The number of rotatable bonds is 6. The van der Waals surface area contributed by atoms with E-state index in [4.69, 9.17) is 9.84 Å². The molecule has 3 nitrogen and oxygen atoms in total.